The van der Waals surface area contributed by atoms with Crippen LogP contribution in [0.1, 0.15) is 26.5 Å². The lowest BCUT2D eigenvalue weighted by Crippen LogP contribution is -2.00. The summed E-state index contributed by atoms with van der Waals surface area (Å²) in [4.78, 5) is 18.5. The molecule has 11 heteroatoms. The number of thiol groups is 2. The average Bonchev–Trinajstić information content (AvgIpc) is 3.11. The molecule has 0 unspecified atom stereocenters. The van der Waals surface area contributed by atoms with Crippen molar-refractivity contribution in [2.24, 2.45) is 11.5 Å². The summed E-state index contributed by atoms with van der Waals surface area (Å²) in [7, 11) is -3.33. The predicted molar refractivity (Wildman–Crippen MR) is 144 cm³/mol. The number of rotatable bonds is 5. The number of primary amides is 2. The molecular weight excluding hydrogens is 496 g/mol. The predicted octanol–water partition coefficient (Wildman–Crippen LogP) is 4.77. The van der Waals surface area contributed by atoms with Gasteiger partial charge in [-0.3, -0.25) is 9.59 Å². The minimum Gasteiger partial charge on any atom is -0.468 e. The van der Waals surface area contributed by atoms with Crippen LogP contribution in [0, 0.1) is 0 Å². The van der Waals surface area contributed by atoms with Gasteiger partial charge in [0.05, 0.1) is 11.2 Å². The van der Waals surface area contributed by atoms with E-state index in [2.05, 4.69) is 43.6 Å². The van der Waals surface area contributed by atoms with Crippen molar-refractivity contribution in [1.29, 1.82) is 0 Å². The number of carbonyl (C=O) groups excluding carboxylic acids is 2. The van der Waals surface area contributed by atoms with Gasteiger partial charge in [0.25, 0.3) is 10.5 Å². The fourth-order valence-corrected chi connectivity index (χ4v) is 3.84. The molecule has 0 atom stereocenters. The molecule has 3 rings (SSSR count). The van der Waals surface area contributed by atoms with E-state index >= 15 is 0 Å². The Labute approximate surface area is 211 Å². The lowest BCUT2D eigenvalue weighted by Gasteiger charge is -2.10. The third-order valence-corrected chi connectivity index (χ3v) is 5.14. The maximum atomic E-state index is 12.2. The van der Waals surface area contributed by atoms with Gasteiger partial charge in [-0.05, 0) is 18.1 Å². The summed E-state index contributed by atoms with van der Waals surface area (Å²) in [5.74, 6) is 0.891. The van der Waals surface area contributed by atoms with Crippen molar-refractivity contribution >= 4 is 45.6 Å². The number of benzene rings is 2. The van der Waals surface area contributed by atoms with Crippen LogP contribution in [-0.4, -0.2) is 30.6 Å². The zero-order valence-corrected chi connectivity index (χ0v) is 20.8. The van der Waals surface area contributed by atoms with Gasteiger partial charge < -0.3 is 21.4 Å². The van der Waals surface area contributed by atoms with Crippen LogP contribution in [0.15, 0.2) is 70.2 Å². The highest BCUT2D eigenvalue weighted by Gasteiger charge is 2.21. The van der Waals surface area contributed by atoms with Crippen molar-refractivity contribution in [2.45, 2.75) is 32.1 Å². The molecular formula is C23H32N2O6S3. The molecule has 3 aromatic rings. The highest BCUT2D eigenvalue weighted by Crippen LogP contribution is 2.39. The van der Waals surface area contributed by atoms with Gasteiger partial charge in [0.2, 0.25) is 0 Å². The van der Waals surface area contributed by atoms with E-state index < -0.39 is 20.3 Å². The summed E-state index contributed by atoms with van der Waals surface area (Å²) in [5.41, 5.74) is 12.2. The first-order valence-corrected chi connectivity index (χ1v) is 12.2. The molecule has 0 spiro atoms. The van der Waals surface area contributed by atoms with E-state index in [1.54, 1.807) is 18.4 Å². The normalized spacial score (nSPS) is 9.65. The topological polar surface area (TPSA) is 165 Å². The summed E-state index contributed by atoms with van der Waals surface area (Å²) >= 11 is 6.21. The molecule has 8 nitrogen and oxygen atoms in total. The van der Waals surface area contributed by atoms with Crippen LogP contribution < -0.4 is 11.5 Å². The number of carbonyl (C=O) groups is 2. The molecule has 6 N–H and O–H groups in total. The van der Waals surface area contributed by atoms with Crippen molar-refractivity contribution in [3.63, 3.8) is 0 Å². The second-order valence-corrected chi connectivity index (χ2v) is 9.37. The smallest absolute Gasteiger partial charge is 0.273 e. The molecule has 0 aliphatic heterocycles. The first kappa shape index (κ1) is 33.4. The monoisotopic (exact) mass is 528 g/mol. The molecule has 1 aromatic heterocycles. The molecule has 0 aliphatic carbocycles. The zero-order chi connectivity index (χ0) is 24.3. The molecule has 0 aliphatic rings. The van der Waals surface area contributed by atoms with E-state index in [0.29, 0.717) is 10.5 Å². The van der Waals surface area contributed by atoms with Crippen LogP contribution in [0.25, 0.3) is 22.3 Å². The number of aryl methyl sites for hydroxylation is 1. The van der Waals surface area contributed by atoms with Crippen LogP contribution in [0.3, 0.4) is 0 Å². The van der Waals surface area contributed by atoms with E-state index in [9.17, 15) is 8.42 Å². The van der Waals surface area contributed by atoms with E-state index in [1.807, 2.05) is 42.5 Å². The second kappa shape index (κ2) is 16.0. The Morgan fingerprint density at radius 1 is 0.912 bits per heavy atom. The largest absolute Gasteiger partial charge is 0.468 e. The Kier molecular flexibility index (Phi) is 15.7. The Hall–Kier alpha value is -2.73. The van der Waals surface area contributed by atoms with Crippen LogP contribution in [0.4, 0.5) is 9.59 Å². The molecule has 0 bridgehead atoms. The lowest BCUT2D eigenvalue weighted by atomic mass is 9.95. The average molecular weight is 529 g/mol. The van der Waals surface area contributed by atoms with Gasteiger partial charge in [0.1, 0.15) is 5.76 Å². The molecule has 2 amide bonds. The number of amides is 2. The van der Waals surface area contributed by atoms with Gasteiger partial charge in [-0.1, -0.05) is 88.1 Å². The van der Waals surface area contributed by atoms with Gasteiger partial charge in [-0.15, -0.1) is 0 Å². The van der Waals surface area contributed by atoms with Crippen molar-refractivity contribution in [1.82, 2.24) is 0 Å². The Bertz CT molecular complexity index is 1130. The van der Waals surface area contributed by atoms with E-state index in [-0.39, 0.29) is 12.9 Å². The van der Waals surface area contributed by atoms with Crippen molar-refractivity contribution < 1.29 is 27.9 Å². The van der Waals surface area contributed by atoms with Crippen molar-refractivity contribution in [3.8, 4) is 22.3 Å². The number of hydrogen-bond acceptors (Lipinski definition) is 5. The summed E-state index contributed by atoms with van der Waals surface area (Å²) in [5, 5.41) is -1.28. The summed E-state index contributed by atoms with van der Waals surface area (Å²) in [6.45, 7) is 2.10. The maximum Gasteiger partial charge on any atom is 0.273 e. The SMILES string of the molecule is C.CCCc1occ(-c2ccccc2S(C)(=O)=O)c1-c1ccccc1.NC(=O)S.NC(=O)S.O. The van der Waals surface area contributed by atoms with Crippen molar-refractivity contribution in [2.75, 3.05) is 6.26 Å². The van der Waals surface area contributed by atoms with Crippen LogP contribution in [0.2, 0.25) is 0 Å². The van der Waals surface area contributed by atoms with Gasteiger partial charge in [0, 0.05) is 29.4 Å². The number of furan rings is 1. The quantitative estimate of drug-likeness (QED) is 0.350. The van der Waals surface area contributed by atoms with Crippen molar-refractivity contribution in [3.05, 3.63) is 66.6 Å². The minimum absolute atomic E-state index is 0. The van der Waals surface area contributed by atoms with Gasteiger partial charge >= 0.3 is 0 Å². The van der Waals surface area contributed by atoms with Gasteiger partial charge in [-0.2, -0.15) is 0 Å². The van der Waals surface area contributed by atoms with Crippen LogP contribution >= 0.6 is 25.3 Å². The lowest BCUT2D eigenvalue weighted by molar-refractivity contribution is 0.266. The Balaban J connectivity index is 0. The summed E-state index contributed by atoms with van der Waals surface area (Å²) < 4.78 is 30.2. The third kappa shape index (κ3) is 10.9. The molecule has 0 radical (unpaired) electrons. The first-order chi connectivity index (χ1) is 15.0. The fraction of sp³-hybridized carbons (Fsp3) is 0.217. The number of nitrogens with two attached hydrogens (primary N) is 2. The molecule has 0 fully saturated rings. The summed E-state index contributed by atoms with van der Waals surface area (Å²) in [6.07, 6.45) is 4.68. The minimum atomic E-state index is -3.33. The van der Waals surface area contributed by atoms with E-state index in [1.165, 1.54) is 6.26 Å². The Morgan fingerprint density at radius 3 is 1.85 bits per heavy atom. The maximum absolute atomic E-state index is 12.2. The van der Waals surface area contributed by atoms with Gasteiger partial charge in [-0.25, -0.2) is 8.42 Å². The van der Waals surface area contributed by atoms with Crippen LogP contribution in [-0.2, 0) is 16.3 Å². The second-order valence-electron chi connectivity index (χ2n) is 6.51. The molecule has 0 saturated carbocycles. The highest BCUT2D eigenvalue weighted by atomic mass is 32.2. The molecule has 1 heterocycles. The van der Waals surface area contributed by atoms with Crippen LogP contribution in [0.5, 0.6) is 0 Å². The number of sulfone groups is 1. The van der Waals surface area contributed by atoms with E-state index in [0.717, 1.165) is 35.3 Å². The highest BCUT2D eigenvalue weighted by molar-refractivity contribution is 7.96. The zero-order valence-electron chi connectivity index (χ0n) is 18.2. The molecule has 2 aromatic carbocycles. The fourth-order valence-electron chi connectivity index (χ4n) is 2.94. The number of hydrogen-bond donors (Lipinski definition) is 4. The third-order valence-electron chi connectivity index (χ3n) is 3.98. The standard InChI is InChI=1S/C20H20O3S.2CH3NOS.CH4.H2O/c1-3-9-18-20(15-10-5-4-6-11-15)17(14-23-18)16-12-7-8-13-19(16)24(2,21)22;2*2-1(3)4;;/h4-8,10-14H,3,9H2,1-2H3;2*(H3,2,3,4);1H4;1H2. The first-order valence-electron chi connectivity index (χ1n) is 9.41. The van der Waals surface area contributed by atoms with E-state index in [4.69, 9.17) is 14.0 Å². The molecule has 34 heavy (non-hydrogen) atoms. The van der Waals surface area contributed by atoms with Gasteiger partial charge in [0.15, 0.2) is 9.84 Å². The Morgan fingerprint density at radius 2 is 1.38 bits per heavy atom. The molecule has 188 valence electrons. The summed E-state index contributed by atoms with van der Waals surface area (Å²) in [6, 6.07) is 17.0. The molecule has 0 saturated heterocycles.